The molecule has 8 nitrogen and oxygen atoms in total. The van der Waals surface area contributed by atoms with Gasteiger partial charge in [-0.1, -0.05) is 43.5 Å². The third-order valence-corrected chi connectivity index (χ3v) is 8.11. The molecular formula is C27H32Cl2N4O4S. The molecule has 204 valence electrons. The first-order valence-corrected chi connectivity index (χ1v) is 15.0. The number of hydrogen-bond donors (Lipinski definition) is 1. The highest BCUT2D eigenvalue weighted by Gasteiger charge is 2.25. The van der Waals surface area contributed by atoms with Gasteiger partial charge in [-0.15, -0.1) is 0 Å². The molecule has 1 aliphatic heterocycles. The average Bonchev–Trinajstić information content (AvgIpc) is 3.20. The van der Waals surface area contributed by atoms with Crippen molar-refractivity contribution in [3.05, 3.63) is 63.8 Å². The highest BCUT2D eigenvalue weighted by Crippen LogP contribution is 2.33. The van der Waals surface area contributed by atoms with Crippen molar-refractivity contribution in [3.8, 4) is 22.7 Å². The zero-order chi connectivity index (χ0) is 27.4. The lowest BCUT2D eigenvalue weighted by atomic mass is 10.1. The Balaban J connectivity index is 1.69. The molecule has 0 saturated carbocycles. The van der Waals surface area contributed by atoms with Crippen LogP contribution in [0.4, 0.5) is 0 Å². The molecule has 4 rings (SSSR count). The van der Waals surface area contributed by atoms with Gasteiger partial charge in [-0.05, 0) is 74.6 Å². The quantitative estimate of drug-likeness (QED) is 0.311. The normalized spacial score (nSPS) is 14.6. The fourth-order valence-corrected chi connectivity index (χ4v) is 6.05. The zero-order valence-electron chi connectivity index (χ0n) is 21.7. The summed E-state index contributed by atoms with van der Waals surface area (Å²) in [5.41, 5.74) is 5.82. The standard InChI is InChI=1S/C27H32Cl2N4O4S/c1-18(2)13-16-38(35,36)37-22-10-7-20(8-11-22)26-19(3)25(27(34)31-32-14-5-4-6-15-32)30-33(26)24-12-9-21(28)17-23(24)29/h7-12,17-18H,4-6,13-16H2,1-3H3,(H,31,34). The summed E-state index contributed by atoms with van der Waals surface area (Å²) < 4.78 is 31.6. The van der Waals surface area contributed by atoms with Crippen molar-refractivity contribution < 1.29 is 17.4 Å². The Morgan fingerprint density at radius 2 is 1.76 bits per heavy atom. The number of hydrogen-bond acceptors (Lipinski definition) is 6. The molecule has 1 N–H and O–H groups in total. The van der Waals surface area contributed by atoms with Crippen molar-refractivity contribution in [1.29, 1.82) is 0 Å². The van der Waals surface area contributed by atoms with E-state index in [1.807, 2.05) is 25.8 Å². The van der Waals surface area contributed by atoms with Crippen LogP contribution >= 0.6 is 23.2 Å². The average molecular weight is 580 g/mol. The number of amides is 1. The Bertz CT molecular complexity index is 1400. The molecule has 11 heteroatoms. The van der Waals surface area contributed by atoms with Crippen LogP contribution in [0.5, 0.6) is 5.75 Å². The molecule has 1 saturated heterocycles. The molecular weight excluding hydrogens is 547 g/mol. The second-order valence-electron chi connectivity index (χ2n) is 9.87. The molecule has 1 fully saturated rings. The lowest BCUT2D eigenvalue weighted by Gasteiger charge is -2.26. The van der Waals surface area contributed by atoms with Crippen LogP contribution in [-0.2, 0) is 10.1 Å². The Hall–Kier alpha value is -2.59. The van der Waals surface area contributed by atoms with E-state index in [9.17, 15) is 13.2 Å². The van der Waals surface area contributed by atoms with Gasteiger partial charge in [0.05, 0.1) is 22.2 Å². The van der Waals surface area contributed by atoms with Crippen LogP contribution in [0.25, 0.3) is 16.9 Å². The summed E-state index contributed by atoms with van der Waals surface area (Å²) in [5, 5.41) is 7.43. The van der Waals surface area contributed by atoms with Gasteiger partial charge in [0.1, 0.15) is 5.75 Å². The SMILES string of the molecule is Cc1c(C(=O)NN2CCCCC2)nn(-c2ccc(Cl)cc2Cl)c1-c1ccc(OS(=O)(=O)CCC(C)C)cc1. The zero-order valence-corrected chi connectivity index (χ0v) is 24.0. The maximum Gasteiger partial charge on any atom is 0.309 e. The second kappa shape index (κ2) is 12.1. The molecule has 2 aromatic carbocycles. The third-order valence-electron chi connectivity index (χ3n) is 6.39. The predicted octanol–water partition coefficient (Wildman–Crippen LogP) is 6.04. The molecule has 0 radical (unpaired) electrons. The molecule has 2 heterocycles. The molecule has 0 spiro atoms. The minimum atomic E-state index is -3.70. The predicted molar refractivity (Wildman–Crippen MR) is 151 cm³/mol. The molecule has 1 aliphatic rings. The molecule has 0 aliphatic carbocycles. The topological polar surface area (TPSA) is 93.5 Å². The van der Waals surface area contributed by atoms with Gasteiger partial charge in [0.25, 0.3) is 5.91 Å². The summed E-state index contributed by atoms with van der Waals surface area (Å²) in [6, 6.07) is 11.7. The van der Waals surface area contributed by atoms with Crippen LogP contribution in [0.2, 0.25) is 10.0 Å². The number of piperidine rings is 1. The van der Waals surface area contributed by atoms with Crippen molar-refractivity contribution >= 4 is 39.2 Å². The first kappa shape index (κ1) is 28.4. The summed E-state index contributed by atoms with van der Waals surface area (Å²) in [7, 11) is -3.70. The van der Waals surface area contributed by atoms with Crippen molar-refractivity contribution in [3.63, 3.8) is 0 Å². The molecule has 0 unspecified atom stereocenters. The van der Waals surface area contributed by atoms with Crippen LogP contribution < -0.4 is 9.61 Å². The fourth-order valence-electron chi connectivity index (χ4n) is 4.32. The number of hydrazine groups is 1. The van der Waals surface area contributed by atoms with Gasteiger partial charge in [-0.3, -0.25) is 10.2 Å². The van der Waals surface area contributed by atoms with E-state index in [1.54, 1.807) is 47.1 Å². The van der Waals surface area contributed by atoms with E-state index in [-0.39, 0.29) is 29.0 Å². The van der Waals surface area contributed by atoms with E-state index in [0.29, 0.717) is 39.0 Å². The maximum absolute atomic E-state index is 13.3. The van der Waals surface area contributed by atoms with Crippen LogP contribution in [0.1, 0.15) is 55.6 Å². The van der Waals surface area contributed by atoms with Gasteiger partial charge < -0.3 is 4.18 Å². The van der Waals surface area contributed by atoms with E-state index >= 15 is 0 Å². The smallest absolute Gasteiger partial charge is 0.309 e. The van der Waals surface area contributed by atoms with Crippen molar-refractivity contribution in [1.82, 2.24) is 20.2 Å². The largest absolute Gasteiger partial charge is 0.382 e. The van der Waals surface area contributed by atoms with Crippen LogP contribution in [0.3, 0.4) is 0 Å². The highest BCUT2D eigenvalue weighted by atomic mass is 35.5. The van der Waals surface area contributed by atoms with E-state index in [0.717, 1.165) is 32.4 Å². The number of halogens is 2. The summed E-state index contributed by atoms with van der Waals surface area (Å²) in [5.74, 6) is 0.113. The first-order chi connectivity index (χ1) is 18.0. The van der Waals surface area contributed by atoms with Gasteiger partial charge in [0.2, 0.25) is 0 Å². The van der Waals surface area contributed by atoms with Gasteiger partial charge >= 0.3 is 10.1 Å². The number of nitrogens with one attached hydrogen (secondary N) is 1. The second-order valence-corrected chi connectivity index (χ2v) is 12.4. The van der Waals surface area contributed by atoms with Crippen molar-refractivity contribution in [2.45, 2.75) is 46.5 Å². The molecule has 1 amide bonds. The summed E-state index contributed by atoms with van der Waals surface area (Å²) >= 11 is 12.6. The Morgan fingerprint density at radius 1 is 1.08 bits per heavy atom. The Kier molecular flexibility index (Phi) is 9.03. The van der Waals surface area contributed by atoms with E-state index in [1.165, 1.54) is 0 Å². The molecule has 1 aromatic heterocycles. The Morgan fingerprint density at radius 3 is 2.39 bits per heavy atom. The number of aromatic nitrogens is 2. The van der Waals surface area contributed by atoms with Crippen LogP contribution in [0.15, 0.2) is 42.5 Å². The van der Waals surface area contributed by atoms with Gasteiger partial charge in [0, 0.05) is 29.2 Å². The molecule has 0 atom stereocenters. The van der Waals surface area contributed by atoms with E-state index < -0.39 is 10.1 Å². The number of rotatable bonds is 9. The van der Waals surface area contributed by atoms with E-state index in [2.05, 4.69) is 10.5 Å². The summed E-state index contributed by atoms with van der Waals surface area (Å²) in [6.07, 6.45) is 3.72. The minimum absolute atomic E-state index is 0.0527. The monoisotopic (exact) mass is 578 g/mol. The van der Waals surface area contributed by atoms with Crippen molar-refractivity contribution in [2.75, 3.05) is 18.8 Å². The molecule has 3 aromatic rings. The molecule has 38 heavy (non-hydrogen) atoms. The summed E-state index contributed by atoms with van der Waals surface area (Å²) in [6.45, 7) is 7.34. The summed E-state index contributed by atoms with van der Waals surface area (Å²) in [4.78, 5) is 13.3. The van der Waals surface area contributed by atoms with E-state index in [4.69, 9.17) is 27.4 Å². The lowest BCUT2D eigenvalue weighted by molar-refractivity contribution is 0.0743. The van der Waals surface area contributed by atoms with Crippen LogP contribution in [0, 0.1) is 12.8 Å². The molecule has 0 bridgehead atoms. The third kappa shape index (κ3) is 6.88. The number of carbonyl (C=O) groups excluding carboxylic acids is 1. The minimum Gasteiger partial charge on any atom is -0.382 e. The number of nitrogens with zero attached hydrogens (tertiary/aromatic N) is 3. The first-order valence-electron chi connectivity index (χ1n) is 12.7. The maximum atomic E-state index is 13.3. The van der Waals surface area contributed by atoms with Gasteiger partial charge in [-0.25, -0.2) is 9.69 Å². The fraction of sp³-hybridized carbons (Fsp3) is 0.407. The number of carbonyl (C=O) groups is 1. The Labute approximate surface area is 234 Å². The van der Waals surface area contributed by atoms with Gasteiger partial charge in [-0.2, -0.15) is 13.5 Å². The lowest BCUT2D eigenvalue weighted by Crippen LogP contribution is -2.45. The van der Waals surface area contributed by atoms with Crippen molar-refractivity contribution in [2.24, 2.45) is 5.92 Å². The van der Waals surface area contributed by atoms with Gasteiger partial charge in [0.15, 0.2) is 5.69 Å². The van der Waals surface area contributed by atoms with Crippen LogP contribution in [-0.4, -0.2) is 48.0 Å². The number of benzene rings is 2. The highest BCUT2D eigenvalue weighted by molar-refractivity contribution is 7.87.